The fourth-order valence-corrected chi connectivity index (χ4v) is 9.43. The summed E-state index contributed by atoms with van der Waals surface area (Å²) in [7, 11) is 0. The van der Waals surface area contributed by atoms with Crippen molar-refractivity contribution in [2.75, 3.05) is 4.90 Å². The van der Waals surface area contributed by atoms with Crippen molar-refractivity contribution in [1.29, 1.82) is 0 Å². The van der Waals surface area contributed by atoms with E-state index in [0.717, 1.165) is 72.5 Å². The first-order valence-corrected chi connectivity index (χ1v) is 21.5. The van der Waals surface area contributed by atoms with Crippen molar-refractivity contribution in [3.63, 3.8) is 0 Å². The molecule has 0 spiro atoms. The van der Waals surface area contributed by atoms with E-state index in [-0.39, 0.29) is 0 Å². The highest BCUT2D eigenvalue weighted by atomic mass is 16.3. The van der Waals surface area contributed by atoms with Crippen LogP contribution in [0.2, 0.25) is 0 Å². The predicted octanol–water partition coefficient (Wildman–Crippen LogP) is 16.8. The Morgan fingerprint density at radius 2 is 0.794 bits per heavy atom. The lowest BCUT2D eigenvalue weighted by atomic mass is 9.97. The summed E-state index contributed by atoms with van der Waals surface area (Å²) in [5.41, 5.74) is 17.8. The lowest BCUT2D eigenvalue weighted by Crippen LogP contribution is -2.10. The molecule has 296 valence electrons. The number of hydrogen-bond acceptors (Lipinski definition) is 2. The monoisotopic (exact) mass is 804 g/mol. The number of benzene rings is 10. The summed E-state index contributed by atoms with van der Waals surface area (Å²) in [6, 6.07) is 86.9. The van der Waals surface area contributed by atoms with E-state index in [1.54, 1.807) is 0 Å². The van der Waals surface area contributed by atoms with Crippen molar-refractivity contribution in [3.8, 4) is 50.2 Å². The van der Waals surface area contributed by atoms with Crippen LogP contribution in [0.4, 0.5) is 17.1 Å². The third kappa shape index (κ3) is 6.38. The number of anilines is 3. The molecule has 12 aromatic rings. The van der Waals surface area contributed by atoms with Gasteiger partial charge >= 0.3 is 0 Å². The lowest BCUT2D eigenvalue weighted by molar-refractivity contribution is 0.670. The van der Waals surface area contributed by atoms with Gasteiger partial charge in [-0.05, 0) is 106 Å². The highest BCUT2D eigenvalue weighted by Gasteiger charge is 2.19. The van der Waals surface area contributed by atoms with Crippen LogP contribution < -0.4 is 4.90 Å². The SMILES string of the molecule is c1ccc(-c2ccc(N(c3ccc(-c4ccc(-n5c6ccccc6c6ccccc65)cc4)cc3)c3cccc(-c4cccc5oc6c(-c7ccccc7)cccc6c45)c3)cc2)cc1. The van der Waals surface area contributed by atoms with Gasteiger partial charge in [0.25, 0.3) is 0 Å². The van der Waals surface area contributed by atoms with Gasteiger partial charge in [0.05, 0.1) is 11.0 Å². The molecule has 10 aromatic carbocycles. The predicted molar refractivity (Wildman–Crippen MR) is 264 cm³/mol. The minimum absolute atomic E-state index is 0.878. The first-order chi connectivity index (χ1) is 31.2. The van der Waals surface area contributed by atoms with E-state index in [1.165, 1.54) is 38.5 Å². The molecule has 0 amide bonds. The molecule has 0 unspecified atom stereocenters. The van der Waals surface area contributed by atoms with Crippen molar-refractivity contribution < 1.29 is 4.42 Å². The minimum Gasteiger partial charge on any atom is -0.455 e. The Bertz CT molecular complexity index is 3530. The van der Waals surface area contributed by atoms with Gasteiger partial charge in [-0.1, -0.05) is 176 Å². The van der Waals surface area contributed by atoms with Gasteiger partial charge in [-0.15, -0.1) is 0 Å². The smallest absolute Gasteiger partial charge is 0.143 e. The van der Waals surface area contributed by atoms with Gasteiger partial charge in [0.1, 0.15) is 11.2 Å². The maximum absolute atomic E-state index is 6.66. The third-order valence-corrected chi connectivity index (χ3v) is 12.4. The van der Waals surface area contributed by atoms with E-state index in [4.69, 9.17) is 4.42 Å². The molecular formula is C60H40N2O. The van der Waals surface area contributed by atoms with Crippen LogP contribution in [-0.2, 0) is 0 Å². The molecule has 0 fully saturated rings. The molecule has 0 radical (unpaired) electrons. The van der Waals surface area contributed by atoms with Crippen LogP contribution in [0, 0.1) is 0 Å². The fourth-order valence-electron chi connectivity index (χ4n) is 9.43. The second-order valence-electron chi connectivity index (χ2n) is 16.1. The van der Waals surface area contributed by atoms with E-state index in [0.29, 0.717) is 0 Å². The largest absolute Gasteiger partial charge is 0.455 e. The first kappa shape index (κ1) is 36.5. The Hall–Kier alpha value is -8.40. The molecule has 0 aliphatic rings. The number of fused-ring (bicyclic) bond motifs is 6. The molecule has 0 aliphatic carbocycles. The Balaban J connectivity index is 0.933. The molecule has 2 aromatic heterocycles. The van der Waals surface area contributed by atoms with E-state index >= 15 is 0 Å². The highest BCUT2D eigenvalue weighted by molar-refractivity contribution is 6.15. The molecule has 0 saturated heterocycles. The fraction of sp³-hybridized carbons (Fsp3) is 0. The average molecular weight is 805 g/mol. The van der Waals surface area contributed by atoms with Gasteiger partial charge in [0.2, 0.25) is 0 Å². The molecule has 12 rings (SSSR count). The van der Waals surface area contributed by atoms with Crippen molar-refractivity contribution in [3.05, 3.63) is 243 Å². The normalized spacial score (nSPS) is 11.5. The number of rotatable bonds is 8. The van der Waals surface area contributed by atoms with Crippen LogP contribution in [0.15, 0.2) is 247 Å². The van der Waals surface area contributed by atoms with E-state index < -0.39 is 0 Å². The summed E-state index contributed by atoms with van der Waals surface area (Å²) in [5.74, 6) is 0. The van der Waals surface area contributed by atoms with E-state index in [1.807, 2.05) is 0 Å². The number of aromatic nitrogens is 1. The summed E-state index contributed by atoms with van der Waals surface area (Å²) >= 11 is 0. The Labute approximate surface area is 366 Å². The number of hydrogen-bond donors (Lipinski definition) is 0. The summed E-state index contributed by atoms with van der Waals surface area (Å²) < 4.78 is 9.02. The Morgan fingerprint density at radius 1 is 0.317 bits per heavy atom. The van der Waals surface area contributed by atoms with Crippen LogP contribution in [0.25, 0.3) is 93.9 Å². The molecule has 3 heteroatoms. The van der Waals surface area contributed by atoms with Gasteiger partial charge in [-0.25, -0.2) is 0 Å². The topological polar surface area (TPSA) is 21.3 Å². The maximum atomic E-state index is 6.66. The minimum atomic E-state index is 0.878. The summed E-state index contributed by atoms with van der Waals surface area (Å²) in [6.07, 6.45) is 0. The Kier molecular flexibility index (Phi) is 8.83. The first-order valence-electron chi connectivity index (χ1n) is 21.5. The quantitative estimate of drug-likeness (QED) is 0.153. The van der Waals surface area contributed by atoms with Crippen LogP contribution in [0.5, 0.6) is 0 Å². The molecule has 0 bridgehead atoms. The van der Waals surface area contributed by atoms with Crippen molar-refractivity contribution in [1.82, 2.24) is 4.57 Å². The lowest BCUT2D eigenvalue weighted by Gasteiger charge is -2.26. The zero-order valence-corrected chi connectivity index (χ0v) is 34.4. The number of furan rings is 1. The maximum Gasteiger partial charge on any atom is 0.143 e. The summed E-state index contributed by atoms with van der Waals surface area (Å²) in [6.45, 7) is 0. The highest BCUT2D eigenvalue weighted by Crippen LogP contribution is 2.43. The molecule has 63 heavy (non-hydrogen) atoms. The standard InChI is InChI=1S/C60H40N2O/c1-3-14-41(15-4-1)42-28-34-47(35-29-42)61(48-36-30-43(31-37-48)44-32-38-49(39-33-44)62-56-25-9-7-20-53(56)54-21-8-10-26-57(54)62)50-19-11-18-46(40-50)51-22-13-27-58-59(51)55-24-12-23-52(60(55)63-58)45-16-5-2-6-17-45/h1-40H. The van der Waals surface area contributed by atoms with Crippen LogP contribution in [0.1, 0.15) is 0 Å². The van der Waals surface area contributed by atoms with E-state index in [9.17, 15) is 0 Å². The second kappa shape index (κ2) is 15.3. The van der Waals surface area contributed by atoms with Crippen molar-refractivity contribution in [2.24, 2.45) is 0 Å². The summed E-state index contributed by atoms with van der Waals surface area (Å²) in [4.78, 5) is 2.36. The Morgan fingerprint density at radius 3 is 1.43 bits per heavy atom. The molecular weight excluding hydrogens is 765 g/mol. The number of nitrogens with zero attached hydrogens (tertiary/aromatic N) is 2. The van der Waals surface area contributed by atoms with Crippen molar-refractivity contribution >= 4 is 60.8 Å². The molecule has 0 atom stereocenters. The molecule has 0 saturated carbocycles. The van der Waals surface area contributed by atoms with Crippen LogP contribution >= 0.6 is 0 Å². The molecule has 2 heterocycles. The van der Waals surface area contributed by atoms with Gasteiger partial charge in [0, 0.05) is 49.9 Å². The zero-order chi connectivity index (χ0) is 41.7. The summed E-state index contributed by atoms with van der Waals surface area (Å²) in [5, 5.41) is 4.76. The van der Waals surface area contributed by atoms with Gasteiger partial charge in [0.15, 0.2) is 0 Å². The number of para-hydroxylation sites is 3. The van der Waals surface area contributed by atoms with Gasteiger partial charge in [-0.3, -0.25) is 0 Å². The third-order valence-electron chi connectivity index (χ3n) is 12.4. The van der Waals surface area contributed by atoms with E-state index in [2.05, 4.69) is 252 Å². The second-order valence-corrected chi connectivity index (χ2v) is 16.1. The van der Waals surface area contributed by atoms with Crippen LogP contribution in [0.3, 0.4) is 0 Å². The molecule has 3 nitrogen and oxygen atoms in total. The van der Waals surface area contributed by atoms with Gasteiger partial charge in [-0.2, -0.15) is 0 Å². The average Bonchev–Trinajstić information content (AvgIpc) is 3.92. The van der Waals surface area contributed by atoms with Gasteiger partial charge < -0.3 is 13.9 Å². The molecule has 0 N–H and O–H groups in total. The van der Waals surface area contributed by atoms with Crippen LogP contribution in [-0.4, -0.2) is 4.57 Å². The van der Waals surface area contributed by atoms with Crippen molar-refractivity contribution in [2.45, 2.75) is 0 Å². The molecule has 0 aliphatic heterocycles. The zero-order valence-electron chi connectivity index (χ0n) is 34.4.